The fraction of sp³-hybridized carbons (Fsp3) is 0.929. The van der Waals surface area contributed by atoms with E-state index in [1.807, 2.05) is 0 Å². The largest absolute Gasteiger partial charge is 0.455 e. The highest BCUT2D eigenvalue weighted by Gasteiger charge is 2.62. The standard InChI is InChI=1S/C14H22O8/c1-13(2)19-7(6(16)5-15)9(20-13)8-10-11(12(17)18-8)22-14(3,4)21-10/h6-11,15-16H,5H2,1-4H3/t6-,7+,8-,9+,10-,11-/m1/s1. The van der Waals surface area contributed by atoms with Gasteiger partial charge in [0.1, 0.15) is 24.4 Å². The first-order valence-electron chi connectivity index (χ1n) is 7.34. The first-order chi connectivity index (χ1) is 10.1. The minimum absolute atomic E-state index is 0.488. The van der Waals surface area contributed by atoms with E-state index in [1.54, 1.807) is 27.7 Å². The van der Waals surface area contributed by atoms with Gasteiger partial charge in [-0.3, -0.25) is 0 Å². The Morgan fingerprint density at radius 2 is 1.59 bits per heavy atom. The molecule has 3 saturated heterocycles. The zero-order chi connectivity index (χ0) is 16.3. The summed E-state index contributed by atoms with van der Waals surface area (Å²) in [6, 6.07) is 0. The molecule has 0 saturated carbocycles. The summed E-state index contributed by atoms with van der Waals surface area (Å²) in [6.07, 6.45) is -4.97. The van der Waals surface area contributed by atoms with Crippen molar-refractivity contribution >= 4 is 5.97 Å². The van der Waals surface area contributed by atoms with Crippen molar-refractivity contribution in [1.82, 2.24) is 0 Å². The number of fused-ring (bicyclic) bond motifs is 1. The van der Waals surface area contributed by atoms with E-state index in [0.717, 1.165) is 0 Å². The second kappa shape index (κ2) is 5.12. The molecule has 3 aliphatic heterocycles. The Morgan fingerprint density at radius 3 is 2.23 bits per heavy atom. The third-order valence-electron chi connectivity index (χ3n) is 3.99. The van der Waals surface area contributed by atoms with Crippen LogP contribution in [0.15, 0.2) is 0 Å². The first kappa shape index (κ1) is 16.1. The van der Waals surface area contributed by atoms with E-state index < -0.39 is 60.8 Å². The summed E-state index contributed by atoms with van der Waals surface area (Å²) in [6.45, 7) is 6.32. The van der Waals surface area contributed by atoms with Gasteiger partial charge >= 0.3 is 5.97 Å². The predicted molar refractivity (Wildman–Crippen MR) is 70.6 cm³/mol. The van der Waals surface area contributed by atoms with Gasteiger partial charge in [0, 0.05) is 0 Å². The molecule has 8 nitrogen and oxygen atoms in total. The summed E-state index contributed by atoms with van der Waals surface area (Å²) < 4.78 is 28.1. The van der Waals surface area contributed by atoms with E-state index in [4.69, 9.17) is 23.7 Å². The van der Waals surface area contributed by atoms with Crippen molar-refractivity contribution < 1.29 is 38.7 Å². The molecular formula is C14H22O8. The lowest BCUT2D eigenvalue weighted by Gasteiger charge is -2.28. The third-order valence-corrected chi connectivity index (χ3v) is 3.99. The van der Waals surface area contributed by atoms with Crippen molar-refractivity contribution in [3.63, 3.8) is 0 Å². The Morgan fingerprint density at radius 1 is 1.00 bits per heavy atom. The molecular weight excluding hydrogens is 296 g/mol. The maximum atomic E-state index is 12.0. The SMILES string of the molecule is CC1(C)O[C@H]([C@H]2OC(=O)[C@@H]3OC(C)(C)O[C@H]23)[C@H]([C@H](O)CO)O1. The van der Waals surface area contributed by atoms with Crippen molar-refractivity contribution in [2.45, 2.75) is 75.9 Å². The van der Waals surface area contributed by atoms with Crippen LogP contribution in [0.2, 0.25) is 0 Å². The van der Waals surface area contributed by atoms with E-state index >= 15 is 0 Å². The molecule has 0 bridgehead atoms. The zero-order valence-electron chi connectivity index (χ0n) is 13.0. The highest BCUT2D eigenvalue weighted by molar-refractivity contribution is 5.78. The van der Waals surface area contributed by atoms with Crippen LogP contribution in [-0.2, 0) is 28.5 Å². The van der Waals surface area contributed by atoms with Gasteiger partial charge in [-0.2, -0.15) is 0 Å². The second-order valence-corrected chi connectivity index (χ2v) is 6.74. The van der Waals surface area contributed by atoms with Gasteiger partial charge in [-0.15, -0.1) is 0 Å². The van der Waals surface area contributed by atoms with Crippen LogP contribution in [0.3, 0.4) is 0 Å². The molecule has 3 rings (SSSR count). The van der Waals surface area contributed by atoms with Crippen LogP contribution in [0.4, 0.5) is 0 Å². The monoisotopic (exact) mass is 318 g/mol. The Balaban J connectivity index is 1.84. The van der Waals surface area contributed by atoms with E-state index in [2.05, 4.69) is 0 Å². The summed E-state index contributed by atoms with van der Waals surface area (Å²) in [5.74, 6) is -2.39. The number of carbonyl (C=O) groups is 1. The van der Waals surface area contributed by atoms with E-state index in [1.165, 1.54) is 0 Å². The molecule has 0 aromatic heterocycles. The lowest BCUT2D eigenvalue weighted by Crippen LogP contribution is -2.48. The number of aliphatic hydroxyl groups is 2. The third kappa shape index (κ3) is 2.64. The lowest BCUT2D eigenvalue weighted by molar-refractivity contribution is -0.201. The Bertz CT molecular complexity index is 462. The topological polar surface area (TPSA) is 104 Å². The quantitative estimate of drug-likeness (QED) is 0.659. The number of carbonyl (C=O) groups excluding carboxylic acids is 1. The molecule has 6 atom stereocenters. The van der Waals surface area contributed by atoms with Gasteiger partial charge in [0.2, 0.25) is 0 Å². The average molecular weight is 318 g/mol. The lowest BCUT2D eigenvalue weighted by atomic mass is 9.98. The van der Waals surface area contributed by atoms with Crippen molar-refractivity contribution in [2.75, 3.05) is 6.61 Å². The number of hydrogen-bond donors (Lipinski definition) is 2. The highest BCUT2D eigenvalue weighted by Crippen LogP contribution is 2.42. The van der Waals surface area contributed by atoms with Crippen molar-refractivity contribution in [1.29, 1.82) is 0 Å². The number of ether oxygens (including phenoxy) is 5. The molecule has 0 unspecified atom stereocenters. The first-order valence-corrected chi connectivity index (χ1v) is 7.34. The van der Waals surface area contributed by atoms with E-state index in [-0.39, 0.29) is 0 Å². The predicted octanol–water partition coefficient (Wildman–Crippen LogP) is -0.695. The smallest absolute Gasteiger partial charge is 0.338 e. The van der Waals surface area contributed by atoms with Gasteiger partial charge in [-0.05, 0) is 27.7 Å². The van der Waals surface area contributed by atoms with Crippen molar-refractivity contribution in [3.05, 3.63) is 0 Å². The second-order valence-electron chi connectivity index (χ2n) is 6.74. The molecule has 0 spiro atoms. The molecule has 8 heteroatoms. The summed E-state index contributed by atoms with van der Waals surface area (Å²) in [5.41, 5.74) is 0. The van der Waals surface area contributed by atoms with Crippen LogP contribution >= 0.6 is 0 Å². The van der Waals surface area contributed by atoms with Gasteiger partial charge in [0.05, 0.1) is 6.61 Å². The van der Waals surface area contributed by atoms with E-state index in [0.29, 0.717) is 0 Å². The number of cyclic esters (lactones) is 1. The zero-order valence-corrected chi connectivity index (χ0v) is 13.0. The summed E-state index contributed by atoms with van der Waals surface area (Å²) in [5, 5.41) is 19.2. The van der Waals surface area contributed by atoms with Crippen LogP contribution in [0.25, 0.3) is 0 Å². The number of esters is 1. The van der Waals surface area contributed by atoms with Gasteiger partial charge in [-0.25, -0.2) is 4.79 Å². The molecule has 0 amide bonds. The normalized spacial score (nSPS) is 43.9. The number of rotatable bonds is 3. The summed E-state index contributed by atoms with van der Waals surface area (Å²) in [4.78, 5) is 12.0. The van der Waals surface area contributed by atoms with Crippen LogP contribution in [0.5, 0.6) is 0 Å². The molecule has 0 radical (unpaired) electrons. The summed E-state index contributed by atoms with van der Waals surface area (Å²) >= 11 is 0. The fourth-order valence-corrected chi connectivity index (χ4v) is 3.21. The number of hydrogen-bond acceptors (Lipinski definition) is 8. The fourth-order valence-electron chi connectivity index (χ4n) is 3.21. The van der Waals surface area contributed by atoms with E-state index in [9.17, 15) is 15.0 Å². The van der Waals surface area contributed by atoms with Crippen molar-refractivity contribution in [3.8, 4) is 0 Å². The minimum atomic E-state index is -1.15. The molecule has 3 aliphatic rings. The molecule has 0 aliphatic carbocycles. The van der Waals surface area contributed by atoms with Crippen LogP contribution < -0.4 is 0 Å². The van der Waals surface area contributed by atoms with Gasteiger partial charge in [-0.1, -0.05) is 0 Å². The molecule has 3 heterocycles. The average Bonchev–Trinajstić information content (AvgIpc) is 2.99. The van der Waals surface area contributed by atoms with Crippen molar-refractivity contribution in [2.24, 2.45) is 0 Å². The molecule has 22 heavy (non-hydrogen) atoms. The molecule has 3 fully saturated rings. The maximum Gasteiger partial charge on any atom is 0.338 e. The Labute approximate surface area is 128 Å². The molecule has 2 N–H and O–H groups in total. The number of aliphatic hydroxyl groups excluding tert-OH is 2. The van der Waals surface area contributed by atoms with Gasteiger partial charge in [0.15, 0.2) is 23.8 Å². The van der Waals surface area contributed by atoms with Crippen LogP contribution in [-0.4, -0.2) is 71.0 Å². The molecule has 0 aromatic carbocycles. The minimum Gasteiger partial charge on any atom is -0.455 e. The Kier molecular flexibility index (Phi) is 3.75. The summed E-state index contributed by atoms with van der Waals surface area (Å²) in [7, 11) is 0. The van der Waals surface area contributed by atoms with Crippen LogP contribution in [0, 0.1) is 0 Å². The Hall–Kier alpha value is -0.770. The maximum absolute atomic E-state index is 12.0. The molecule has 126 valence electrons. The van der Waals surface area contributed by atoms with Gasteiger partial charge in [0.25, 0.3) is 0 Å². The van der Waals surface area contributed by atoms with Crippen LogP contribution in [0.1, 0.15) is 27.7 Å². The van der Waals surface area contributed by atoms with Gasteiger partial charge < -0.3 is 33.9 Å². The highest BCUT2D eigenvalue weighted by atomic mass is 16.8. The molecule has 0 aromatic rings.